The Bertz CT molecular complexity index is 607. The molecule has 2 N–H and O–H groups in total. The van der Waals surface area contributed by atoms with E-state index in [9.17, 15) is 4.79 Å². The SMILES string of the molecule is CC(CNC(=O)NCc1cccnc1)Oc1ccccc1Cl. The number of carbonyl (C=O) groups excluding carboxylic acids is 1. The number of aromatic nitrogens is 1. The summed E-state index contributed by atoms with van der Waals surface area (Å²) in [6.45, 7) is 2.67. The van der Waals surface area contributed by atoms with Crippen molar-refractivity contribution in [2.45, 2.75) is 19.6 Å². The van der Waals surface area contributed by atoms with Crippen LogP contribution in [-0.4, -0.2) is 23.7 Å². The number of urea groups is 1. The topological polar surface area (TPSA) is 63.2 Å². The maximum Gasteiger partial charge on any atom is 0.315 e. The van der Waals surface area contributed by atoms with Gasteiger partial charge in [0.05, 0.1) is 11.6 Å². The zero-order valence-electron chi connectivity index (χ0n) is 12.3. The average molecular weight is 320 g/mol. The summed E-state index contributed by atoms with van der Waals surface area (Å²) in [6, 6.07) is 10.7. The number of para-hydroxylation sites is 1. The largest absolute Gasteiger partial charge is 0.487 e. The van der Waals surface area contributed by atoms with Crippen molar-refractivity contribution in [1.82, 2.24) is 15.6 Å². The van der Waals surface area contributed by atoms with Gasteiger partial charge in [-0.25, -0.2) is 4.79 Å². The third-order valence-electron chi connectivity index (χ3n) is 2.89. The molecule has 0 aliphatic carbocycles. The van der Waals surface area contributed by atoms with Gasteiger partial charge in [0.1, 0.15) is 11.9 Å². The van der Waals surface area contributed by atoms with Crippen LogP contribution in [0.1, 0.15) is 12.5 Å². The first-order valence-electron chi connectivity index (χ1n) is 6.97. The van der Waals surface area contributed by atoms with Gasteiger partial charge in [-0.05, 0) is 30.7 Å². The summed E-state index contributed by atoms with van der Waals surface area (Å²) in [5.74, 6) is 0.606. The smallest absolute Gasteiger partial charge is 0.315 e. The summed E-state index contributed by atoms with van der Waals surface area (Å²) in [7, 11) is 0. The van der Waals surface area contributed by atoms with Crippen molar-refractivity contribution in [2.75, 3.05) is 6.54 Å². The van der Waals surface area contributed by atoms with Crippen LogP contribution in [0.25, 0.3) is 0 Å². The third kappa shape index (κ3) is 5.26. The average Bonchev–Trinajstić information content (AvgIpc) is 2.54. The first-order valence-corrected chi connectivity index (χ1v) is 7.34. The van der Waals surface area contributed by atoms with E-state index in [2.05, 4.69) is 15.6 Å². The van der Waals surface area contributed by atoms with Crippen molar-refractivity contribution >= 4 is 17.6 Å². The van der Waals surface area contributed by atoms with Gasteiger partial charge < -0.3 is 15.4 Å². The molecular weight excluding hydrogens is 302 g/mol. The van der Waals surface area contributed by atoms with E-state index in [1.54, 1.807) is 24.5 Å². The number of nitrogens with one attached hydrogen (secondary N) is 2. The molecule has 1 aromatic carbocycles. The molecule has 22 heavy (non-hydrogen) atoms. The van der Waals surface area contributed by atoms with E-state index >= 15 is 0 Å². The molecule has 0 aliphatic rings. The molecule has 5 nitrogen and oxygen atoms in total. The zero-order chi connectivity index (χ0) is 15.8. The molecule has 2 aromatic rings. The molecule has 0 radical (unpaired) electrons. The zero-order valence-corrected chi connectivity index (χ0v) is 13.0. The van der Waals surface area contributed by atoms with Crippen molar-refractivity contribution in [1.29, 1.82) is 0 Å². The van der Waals surface area contributed by atoms with Gasteiger partial charge in [-0.2, -0.15) is 0 Å². The predicted molar refractivity (Wildman–Crippen MR) is 86.0 cm³/mol. The Morgan fingerprint density at radius 1 is 1.27 bits per heavy atom. The number of rotatable bonds is 6. The van der Waals surface area contributed by atoms with Gasteiger partial charge in [0, 0.05) is 18.9 Å². The molecule has 1 aromatic heterocycles. The van der Waals surface area contributed by atoms with Gasteiger partial charge >= 0.3 is 6.03 Å². The van der Waals surface area contributed by atoms with E-state index in [1.807, 2.05) is 31.2 Å². The fourth-order valence-corrected chi connectivity index (χ4v) is 1.96. The summed E-state index contributed by atoms with van der Waals surface area (Å²) < 4.78 is 5.67. The van der Waals surface area contributed by atoms with Crippen LogP contribution in [-0.2, 0) is 6.54 Å². The molecule has 1 heterocycles. The van der Waals surface area contributed by atoms with Crippen LogP contribution >= 0.6 is 11.6 Å². The quantitative estimate of drug-likeness (QED) is 0.860. The number of amides is 2. The van der Waals surface area contributed by atoms with Gasteiger partial charge in [-0.1, -0.05) is 29.8 Å². The maximum atomic E-state index is 11.7. The number of ether oxygens (including phenoxy) is 1. The van der Waals surface area contributed by atoms with Gasteiger partial charge in [0.15, 0.2) is 0 Å². The fourth-order valence-electron chi connectivity index (χ4n) is 1.78. The van der Waals surface area contributed by atoms with Crippen LogP contribution in [0, 0.1) is 0 Å². The number of pyridine rings is 1. The molecule has 0 fully saturated rings. The summed E-state index contributed by atoms with van der Waals surface area (Å²) in [6.07, 6.45) is 3.21. The Labute approximate surface area is 134 Å². The highest BCUT2D eigenvalue weighted by molar-refractivity contribution is 6.32. The Morgan fingerprint density at radius 2 is 2.09 bits per heavy atom. The standard InChI is InChI=1S/C16H18ClN3O2/c1-12(22-15-7-3-2-6-14(15)17)9-19-16(21)20-11-13-5-4-8-18-10-13/h2-8,10,12H,9,11H2,1H3,(H2,19,20,21). The van der Waals surface area contributed by atoms with Crippen molar-refractivity contribution in [3.63, 3.8) is 0 Å². The second-order valence-corrected chi connectivity index (χ2v) is 5.19. The highest BCUT2D eigenvalue weighted by Gasteiger charge is 2.08. The summed E-state index contributed by atoms with van der Waals surface area (Å²) in [5, 5.41) is 6.06. The highest BCUT2D eigenvalue weighted by atomic mass is 35.5. The third-order valence-corrected chi connectivity index (χ3v) is 3.20. The van der Waals surface area contributed by atoms with E-state index in [1.165, 1.54) is 0 Å². The summed E-state index contributed by atoms with van der Waals surface area (Å²) >= 11 is 6.02. The van der Waals surface area contributed by atoms with E-state index in [-0.39, 0.29) is 12.1 Å². The molecule has 0 aliphatic heterocycles. The number of benzene rings is 1. The Hall–Kier alpha value is -2.27. The van der Waals surface area contributed by atoms with E-state index < -0.39 is 0 Å². The molecule has 2 amide bonds. The second kappa shape index (κ2) is 8.24. The first-order chi connectivity index (χ1) is 10.6. The molecule has 0 bridgehead atoms. The predicted octanol–water partition coefficient (Wildman–Crippen LogP) is 3.00. The fraction of sp³-hybridized carbons (Fsp3) is 0.250. The van der Waals surface area contributed by atoms with E-state index in [0.717, 1.165) is 5.56 Å². The minimum atomic E-state index is -0.251. The van der Waals surface area contributed by atoms with Gasteiger partial charge in [0.25, 0.3) is 0 Å². The summed E-state index contributed by atoms with van der Waals surface area (Å²) in [4.78, 5) is 15.7. The van der Waals surface area contributed by atoms with Crippen molar-refractivity contribution in [3.8, 4) is 5.75 Å². The second-order valence-electron chi connectivity index (χ2n) is 4.78. The van der Waals surface area contributed by atoms with E-state index in [0.29, 0.717) is 23.9 Å². The van der Waals surface area contributed by atoms with Crippen molar-refractivity contribution < 1.29 is 9.53 Å². The van der Waals surface area contributed by atoms with Crippen LogP contribution in [0.3, 0.4) is 0 Å². The van der Waals surface area contributed by atoms with Crippen molar-refractivity contribution in [2.24, 2.45) is 0 Å². The van der Waals surface area contributed by atoms with Gasteiger partial charge in [-0.15, -0.1) is 0 Å². The van der Waals surface area contributed by atoms with Crippen LogP contribution in [0.4, 0.5) is 4.79 Å². The minimum absolute atomic E-state index is 0.191. The lowest BCUT2D eigenvalue weighted by Gasteiger charge is -2.16. The molecule has 1 unspecified atom stereocenters. The van der Waals surface area contributed by atoms with Crippen LogP contribution in [0.15, 0.2) is 48.8 Å². The highest BCUT2D eigenvalue weighted by Crippen LogP contribution is 2.23. The lowest BCUT2D eigenvalue weighted by atomic mass is 10.3. The molecule has 1 atom stereocenters. The molecular formula is C16H18ClN3O2. The molecule has 0 spiro atoms. The Morgan fingerprint density at radius 3 is 2.82 bits per heavy atom. The maximum absolute atomic E-state index is 11.7. The number of hydrogen-bond acceptors (Lipinski definition) is 3. The lowest BCUT2D eigenvalue weighted by molar-refractivity contribution is 0.207. The number of halogens is 1. The van der Waals surface area contributed by atoms with Crippen molar-refractivity contribution in [3.05, 3.63) is 59.4 Å². The van der Waals surface area contributed by atoms with Crippen LogP contribution in [0.5, 0.6) is 5.75 Å². The number of carbonyl (C=O) groups is 1. The Balaban J connectivity index is 1.71. The monoisotopic (exact) mass is 319 g/mol. The number of hydrogen-bond donors (Lipinski definition) is 2. The van der Waals surface area contributed by atoms with Crippen LogP contribution in [0.2, 0.25) is 5.02 Å². The molecule has 0 saturated heterocycles. The number of nitrogens with zero attached hydrogens (tertiary/aromatic N) is 1. The van der Waals surface area contributed by atoms with Crippen LogP contribution < -0.4 is 15.4 Å². The molecule has 6 heteroatoms. The van der Waals surface area contributed by atoms with Gasteiger partial charge in [-0.3, -0.25) is 4.98 Å². The van der Waals surface area contributed by atoms with Gasteiger partial charge in [0.2, 0.25) is 0 Å². The summed E-state index contributed by atoms with van der Waals surface area (Å²) in [5.41, 5.74) is 0.943. The Kier molecular flexibility index (Phi) is 6.03. The molecule has 2 rings (SSSR count). The van der Waals surface area contributed by atoms with E-state index in [4.69, 9.17) is 16.3 Å². The molecule has 116 valence electrons. The lowest BCUT2D eigenvalue weighted by Crippen LogP contribution is -2.40. The first kappa shape index (κ1) is 16.1. The normalized spacial score (nSPS) is 11.5. The minimum Gasteiger partial charge on any atom is -0.487 e. The molecule has 0 saturated carbocycles.